The van der Waals surface area contributed by atoms with E-state index in [1.54, 1.807) is 0 Å². The topological polar surface area (TPSA) is 12.4 Å². The Bertz CT molecular complexity index is 69.9. The first-order valence-electron chi connectivity index (χ1n) is 1.93. The maximum atomic E-state index is 3.88. The van der Waals surface area contributed by atoms with Crippen LogP contribution in [0.2, 0.25) is 0 Å². The summed E-state index contributed by atoms with van der Waals surface area (Å²) in [6, 6.07) is 0. The van der Waals surface area contributed by atoms with Crippen molar-refractivity contribution in [3.8, 4) is 0 Å². The Morgan fingerprint density at radius 2 is 2.83 bits per heavy atom. The van der Waals surface area contributed by atoms with Crippen molar-refractivity contribution in [2.45, 2.75) is 12.2 Å². The smallest absolute Gasteiger partial charge is 0.0855 e. The third kappa shape index (κ3) is 0.744. The normalized spacial score (nSPS) is 31.8. The van der Waals surface area contributed by atoms with E-state index in [1.807, 2.05) is 11.8 Å². The fourth-order valence-corrected chi connectivity index (χ4v) is 0.874. The molecule has 1 atom stereocenters. The molecule has 0 bridgehead atoms. The molecule has 1 rings (SSSR count). The van der Waals surface area contributed by atoms with Crippen molar-refractivity contribution in [3.05, 3.63) is 0 Å². The molecule has 0 aromatic heterocycles. The second-order valence-electron chi connectivity index (χ2n) is 1.23. The van der Waals surface area contributed by atoms with E-state index in [1.165, 1.54) is 0 Å². The predicted molar refractivity (Wildman–Crippen MR) is 29.4 cm³/mol. The molecule has 6 heavy (non-hydrogen) atoms. The van der Waals surface area contributed by atoms with E-state index in [0.717, 1.165) is 5.88 Å². The molecule has 0 aromatic rings. The summed E-state index contributed by atoms with van der Waals surface area (Å²) in [6.07, 6.45) is 2.91. The molecule has 1 radical (unpaired) electrons. The van der Waals surface area contributed by atoms with E-state index in [-0.39, 0.29) is 0 Å². The highest BCUT2D eigenvalue weighted by Crippen LogP contribution is 2.12. The van der Waals surface area contributed by atoms with Crippen LogP contribution >= 0.6 is 11.8 Å². The molecule has 2 heteroatoms. The molecule has 1 heterocycles. The SMILES string of the molecule is CC1[C]=NCS1. The van der Waals surface area contributed by atoms with Crippen LogP contribution in [0.4, 0.5) is 0 Å². The molecular weight excluding hydrogens is 94.1 g/mol. The maximum absolute atomic E-state index is 3.88. The van der Waals surface area contributed by atoms with Crippen LogP contribution in [0.15, 0.2) is 4.99 Å². The second kappa shape index (κ2) is 1.65. The molecule has 1 aliphatic rings. The summed E-state index contributed by atoms with van der Waals surface area (Å²) in [6.45, 7) is 2.10. The third-order valence-corrected chi connectivity index (χ3v) is 1.55. The molecule has 0 spiro atoms. The van der Waals surface area contributed by atoms with E-state index in [0.29, 0.717) is 5.25 Å². The molecular formula is C4H6NS. The second-order valence-corrected chi connectivity index (χ2v) is 2.52. The zero-order chi connectivity index (χ0) is 4.41. The van der Waals surface area contributed by atoms with E-state index in [9.17, 15) is 0 Å². The summed E-state index contributed by atoms with van der Waals surface area (Å²) < 4.78 is 0. The van der Waals surface area contributed by atoms with Gasteiger partial charge < -0.3 is 0 Å². The van der Waals surface area contributed by atoms with Crippen LogP contribution in [0, 0.1) is 0 Å². The number of aliphatic imine (C=N–C) groups is 1. The lowest BCUT2D eigenvalue weighted by atomic mass is 10.5. The first-order chi connectivity index (χ1) is 2.89. The summed E-state index contributed by atoms with van der Waals surface area (Å²) in [7, 11) is 0. The van der Waals surface area contributed by atoms with Crippen LogP contribution in [0.1, 0.15) is 6.92 Å². The van der Waals surface area contributed by atoms with Gasteiger partial charge in [-0.05, 0) is 6.92 Å². The average molecular weight is 100 g/mol. The van der Waals surface area contributed by atoms with E-state index in [2.05, 4.69) is 18.1 Å². The van der Waals surface area contributed by atoms with Gasteiger partial charge in [-0.3, -0.25) is 4.99 Å². The van der Waals surface area contributed by atoms with Crippen LogP contribution in [0.5, 0.6) is 0 Å². The minimum Gasteiger partial charge on any atom is -0.276 e. The molecule has 0 saturated carbocycles. The van der Waals surface area contributed by atoms with Crippen molar-refractivity contribution in [1.82, 2.24) is 0 Å². The fraction of sp³-hybridized carbons (Fsp3) is 0.750. The van der Waals surface area contributed by atoms with Gasteiger partial charge >= 0.3 is 0 Å². The zero-order valence-corrected chi connectivity index (χ0v) is 4.46. The lowest BCUT2D eigenvalue weighted by Gasteiger charge is -1.85. The summed E-state index contributed by atoms with van der Waals surface area (Å²) in [5, 5.41) is 0.546. The quantitative estimate of drug-likeness (QED) is 0.443. The maximum Gasteiger partial charge on any atom is 0.0855 e. The summed E-state index contributed by atoms with van der Waals surface area (Å²) in [4.78, 5) is 3.88. The largest absolute Gasteiger partial charge is 0.276 e. The van der Waals surface area contributed by atoms with Gasteiger partial charge in [0.2, 0.25) is 0 Å². The first kappa shape index (κ1) is 4.19. The van der Waals surface area contributed by atoms with Crippen LogP contribution < -0.4 is 0 Å². The Balaban J connectivity index is 2.38. The first-order valence-corrected chi connectivity index (χ1v) is 2.98. The van der Waals surface area contributed by atoms with Crippen LogP contribution in [0.3, 0.4) is 0 Å². The van der Waals surface area contributed by atoms with Gasteiger partial charge in [-0.1, -0.05) is 0 Å². The number of hydrogen-bond acceptors (Lipinski definition) is 2. The molecule has 0 aromatic carbocycles. The molecule has 0 aliphatic carbocycles. The Morgan fingerprint density at radius 3 is 3.00 bits per heavy atom. The van der Waals surface area contributed by atoms with Gasteiger partial charge in [0, 0.05) is 5.25 Å². The molecule has 0 saturated heterocycles. The highest BCUT2D eigenvalue weighted by atomic mass is 32.2. The van der Waals surface area contributed by atoms with Gasteiger partial charge in [0.05, 0.1) is 12.1 Å². The van der Waals surface area contributed by atoms with Crippen LogP contribution in [0.25, 0.3) is 0 Å². The highest BCUT2D eigenvalue weighted by Gasteiger charge is 2.01. The highest BCUT2D eigenvalue weighted by molar-refractivity contribution is 8.00. The van der Waals surface area contributed by atoms with Crippen molar-refractivity contribution in [1.29, 1.82) is 0 Å². The molecule has 33 valence electrons. The standard InChI is InChI=1S/C4H6NS/c1-4-2-5-3-6-4/h4H,3H2,1H3. The summed E-state index contributed by atoms with van der Waals surface area (Å²) >= 11 is 1.82. The van der Waals surface area contributed by atoms with Crippen LogP contribution in [-0.4, -0.2) is 17.3 Å². The van der Waals surface area contributed by atoms with Gasteiger partial charge in [-0.2, -0.15) is 0 Å². The molecule has 0 amide bonds. The van der Waals surface area contributed by atoms with Crippen molar-refractivity contribution in [2.24, 2.45) is 4.99 Å². The molecule has 1 aliphatic heterocycles. The van der Waals surface area contributed by atoms with Crippen molar-refractivity contribution < 1.29 is 0 Å². The monoisotopic (exact) mass is 100 g/mol. The number of nitrogens with zero attached hydrogens (tertiary/aromatic N) is 1. The van der Waals surface area contributed by atoms with E-state index in [4.69, 9.17) is 0 Å². The average Bonchev–Trinajstić information content (AvgIpc) is 1.86. The predicted octanol–water partition coefficient (Wildman–Crippen LogP) is 1.03. The Kier molecular flexibility index (Phi) is 1.15. The number of thioether (sulfide) groups is 1. The van der Waals surface area contributed by atoms with Gasteiger partial charge in [-0.25, -0.2) is 0 Å². The number of rotatable bonds is 0. The van der Waals surface area contributed by atoms with E-state index < -0.39 is 0 Å². The molecule has 1 nitrogen and oxygen atoms in total. The third-order valence-electron chi connectivity index (χ3n) is 0.662. The van der Waals surface area contributed by atoms with Crippen LogP contribution in [-0.2, 0) is 0 Å². The lowest BCUT2D eigenvalue weighted by Crippen LogP contribution is -1.87. The minimum absolute atomic E-state index is 0.546. The number of hydrogen-bond donors (Lipinski definition) is 0. The molecule has 1 unspecified atom stereocenters. The Labute approximate surface area is 41.8 Å². The molecule has 0 N–H and O–H groups in total. The zero-order valence-electron chi connectivity index (χ0n) is 3.64. The van der Waals surface area contributed by atoms with Gasteiger partial charge in [-0.15, -0.1) is 11.8 Å². The van der Waals surface area contributed by atoms with E-state index >= 15 is 0 Å². The lowest BCUT2D eigenvalue weighted by molar-refractivity contribution is 1.36. The molecule has 0 fully saturated rings. The Morgan fingerprint density at radius 1 is 2.00 bits per heavy atom. The van der Waals surface area contributed by atoms with Crippen molar-refractivity contribution in [2.75, 3.05) is 5.88 Å². The minimum atomic E-state index is 0.546. The van der Waals surface area contributed by atoms with Crippen molar-refractivity contribution >= 4 is 18.0 Å². The van der Waals surface area contributed by atoms with Gasteiger partial charge in [0.15, 0.2) is 0 Å². The summed E-state index contributed by atoms with van der Waals surface area (Å²) in [5.74, 6) is 0.918. The van der Waals surface area contributed by atoms with Crippen molar-refractivity contribution in [3.63, 3.8) is 0 Å². The van der Waals surface area contributed by atoms with Gasteiger partial charge in [0.25, 0.3) is 0 Å². The summed E-state index contributed by atoms with van der Waals surface area (Å²) in [5.41, 5.74) is 0. The van der Waals surface area contributed by atoms with Gasteiger partial charge in [0.1, 0.15) is 0 Å². The fourth-order valence-electron chi connectivity index (χ4n) is 0.352. The Hall–Kier alpha value is 0.0200.